The Morgan fingerprint density at radius 1 is 1.17 bits per heavy atom. The molecule has 0 radical (unpaired) electrons. The van der Waals surface area contributed by atoms with Gasteiger partial charge in [-0.2, -0.15) is 10.2 Å². The van der Waals surface area contributed by atoms with Gasteiger partial charge in [0.15, 0.2) is 0 Å². The molecule has 0 aliphatic heterocycles. The van der Waals surface area contributed by atoms with E-state index >= 15 is 0 Å². The summed E-state index contributed by atoms with van der Waals surface area (Å²) in [6, 6.07) is 3.45. The number of nitrogens with one attached hydrogen (secondary N) is 2. The third kappa shape index (κ3) is 3.10. The molecule has 0 aliphatic carbocycles. The van der Waals surface area contributed by atoms with Crippen molar-refractivity contribution in [1.29, 1.82) is 0 Å². The van der Waals surface area contributed by atoms with Crippen molar-refractivity contribution in [2.75, 3.05) is 6.61 Å². The molecule has 8 heteroatoms. The number of H-pyrrole nitrogens is 2. The lowest BCUT2D eigenvalue weighted by Crippen LogP contribution is -2.09. The van der Waals surface area contributed by atoms with Crippen LogP contribution in [-0.2, 0) is 11.2 Å². The van der Waals surface area contributed by atoms with E-state index in [-0.39, 0.29) is 23.4 Å². The molecular formula is C15H12F2N4O2. The Bertz CT molecular complexity index is 795. The standard InChI is InChI=1S/C15H12F2N4O2/c16-11-2-1-3-12(17)13(11)14-10(8-20-21-14)15(22)23-5-4-9-6-18-19-7-9/h1-3,6-8H,4-5H2,(H,18,19)(H,20,21). The summed E-state index contributed by atoms with van der Waals surface area (Å²) in [4.78, 5) is 12.1. The first-order valence-electron chi connectivity index (χ1n) is 6.79. The Morgan fingerprint density at radius 2 is 1.96 bits per heavy atom. The summed E-state index contributed by atoms with van der Waals surface area (Å²) in [6.07, 6.45) is 4.96. The van der Waals surface area contributed by atoms with Crippen molar-refractivity contribution in [2.24, 2.45) is 0 Å². The predicted molar refractivity (Wildman–Crippen MR) is 76.5 cm³/mol. The summed E-state index contributed by atoms with van der Waals surface area (Å²) in [5.74, 6) is -2.29. The van der Waals surface area contributed by atoms with E-state index in [1.807, 2.05) is 0 Å². The number of benzene rings is 1. The Balaban J connectivity index is 1.76. The van der Waals surface area contributed by atoms with E-state index in [2.05, 4.69) is 20.4 Å². The van der Waals surface area contributed by atoms with Crippen LogP contribution >= 0.6 is 0 Å². The highest BCUT2D eigenvalue weighted by atomic mass is 19.1. The zero-order valence-electron chi connectivity index (χ0n) is 11.8. The van der Waals surface area contributed by atoms with Gasteiger partial charge in [0.1, 0.15) is 17.2 Å². The van der Waals surface area contributed by atoms with Gasteiger partial charge >= 0.3 is 5.97 Å². The van der Waals surface area contributed by atoms with Crippen LogP contribution in [0.3, 0.4) is 0 Å². The molecule has 23 heavy (non-hydrogen) atoms. The number of nitrogens with zero attached hydrogens (tertiary/aromatic N) is 2. The third-order valence-corrected chi connectivity index (χ3v) is 3.25. The van der Waals surface area contributed by atoms with Crippen molar-refractivity contribution >= 4 is 5.97 Å². The summed E-state index contributed by atoms with van der Waals surface area (Å²) in [5, 5.41) is 12.6. The number of hydrogen-bond acceptors (Lipinski definition) is 4. The predicted octanol–water partition coefficient (Wildman–Crippen LogP) is 2.48. The molecule has 1 aromatic carbocycles. The van der Waals surface area contributed by atoms with Crippen molar-refractivity contribution in [1.82, 2.24) is 20.4 Å². The van der Waals surface area contributed by atoms with Gasteiger partial charge in [0.2, 0.25) is 0 Å². The topological polar surface area (TPSA) is 83.7 Å². The van der Waals surface area contributed by atoms with Crippen molar-refractivity contribution in [2.45, 2.75) is 6.42 Å². The highest BCUT2D eigenvalue weighted by Gasteiger charge is 2.21. The molecule has 0 atom stereocenters. The number of carbonyl (C=O) groups excluding carboxylic acids is 1. The maximum Gasteiger partial charge on any atom is 0.342 e. The fraction of sp³-hybridized carbons (Fsp3) is 0.133. The van der Waals surface area contributed by atoms with Crippen LogP contribution in [0.2, 0.25) is 0 Å². The summed E-state index contributed by atoms with van der Waals surface area (Å²) < 4.78 is 32.8. The van der Waals surface area contributed by atoms with E-state index < -0.39 is 17.6 Å². The summed E-state index contributed by atoms with van der Waals surface area (Å²) in [7, 11) is 0. The van der Waals surface area contributed by atoms with Crippen molar-refractivity contribution in [3.05, 3.63) is 59.6 Å². The monoisotopic (exact) mass is 318 g/mol. The molecule has 3 aromatic rings. The van der Waals surface area contributed by atoms with Gasteiger partial charge in [0, 0.05) is 12.6 Å². The second-order valence-corrected chi connectivity index (χ2v) is 4.75. The fourth-order valence-corrected chi connectivity index (χ4v) is 2.12. The largest absolute Gasteiger partial charge is 0.462 e. The molecule has 0 aliphatic rings. The molecule has 2 N–H and O–H groups in total. The lowest BCUT2D eigenvalue weighted by Gasteiger charge is -2.06. The van der Waals surface area contributed by atoms with Crippen molar-refractivity contribution in [3.8, 4) is 11.3 Å². The van der Waals surface area contributed by atoms with E-state index in [1.54, 1.807) is 12.4 Å². The average molecular weight is 318 g/mol. The Kier molecular flexibility index (Phi) is 4.13. The van der Waals surface area contributed by atoms with E-state index in [0.717, 1.165) is 17.7 Å². The van der Waals surface area contributed by atoms with Crippen LogP contribution in [0.1, 0.15) is 15.9 Å². The van der Waals surface area contributed by atoms with Crippen LogP contribution in [0.4, 0.5) is 8.78 Å². The van der Waals surface area contributed by atoms with Crippen molar-refractivity contribution < 1.29 is 18.3 Å². The molecule has 2 heterocycles. The van der Waals surface area contributed by atoms with Crippen LogP contribution in [0.25, 0.3) is 11.3 Å². The minimum Gasteiger partial charge on any atom is -0.462 e. The second-order valence-electron chi connectivity index (χ2n) is 4.75. The van der Waals surface area contributed by atoms with Gasteiger partial charge in [0.05, 0.1) is 30.3 Å². The van der Waals surface area contributed by atoms with E-state index in [0.29, 0.717) is 6.42 Å². The number of esters is 1. The number of ether oxygens (including phenoxy) is 1. The fourth-order valence-electron chi connectivity index (χ4n) is 2.12. The van der Waals surface area contributed by atoms with Crippen LogP contribution in [0.15, 0.2) is 36.8 Å². The number of carbonyl (C=O) groups is 1. The van der Waals surface area contributed by atoms with Crippen LogP contribution in [0.5, 0.6) is 0 Å². The lowest BCUT2D eigenvalue weighted by atomic mass is 10.1. The van der Waals surface area contributed by atoms with E-state index in [9.17, 15) is 13.6 Å². The maximum absolute atomic E-state index is 13.8. The maximum atomic E-state index is 13.8. The van der Waals surface area contributed by atoms with Crippen LogP contribution < -0.4 is 0 Å². The molecule has 3 rings (SSSR count). The lowest BCUT2D eigenvalue weighted by molar-refractivity contribution is 0.0510. The highest BCUT2D eigenvalue weighted by Crippen LogP contribution is 2.27. The first-order valence-corrected chi connectivity index (χ1v) is 6.79. The minimum absolute atomic E-state index is 0.0267. The van der Waals surface area contributed by atoms with Gasteiger partial charge in [-0.05, 0) is 17.7 Å². The average Bonchev–Trinajstić information content (AvgIpc) is 3.18. The molecule has 0 amide bonds. The summed E-state index contributed by atoms with van der Waals surface area (Å²) in [6.45, 7) is 0.114. The molecule has 0 unspecified atom stereocenters. The minimum atomic E-state index is -0.790. The van der Waals surface area contributed by atoms with Gasteiger partial charge in [-0.1, -0.05) is 6.07 Å². The van der Waals surface area contributed by atoms with Crippen LogP contribution in [-0.4, -0.2) is 33.0 Å². The van der Waals surface area contributed by atoms with Gasteiger partial charge in [-0.25, -0.2) is 13.6 Å². The zero-order valence-corrected chi connectivity index (χ0v) is 11.8. The Labute approximate surface area is 129 Å². The van der Waals surface area contributed by atoms with Gasteiger partial charge in [-0.15, -0.1) is 0 Å². The Hall–Kier alpha value is -3.03. The molecule has 118 valence electrons. The third-order valence-electron chi connectivity index (χ3n) is 3.25. The first-order chi connectivity index (χ1) is 11.2. The molecule has 0 bridgehead atoms. The Morgan fingerprint density at radius 3 is 2.65 bits per heavy atom. The molecule has 6 nitrogen and oxygen atoms in total. The molecule has 2 aromatic heterocycles. The number of aromatic nitrogens is 4. The highest BCUT2D eigenvalue weighted by molar-refractivity contribution is 5.96. The molecule has 0 saturated heterocycles. The van der Waals surface area contributed by atoms with Crippen molar-refractivity contribution in [3.63, 3.8) is 0 Å². The summed E-state index contributed by atoms with van der Waals surface area (Å²) in [5.41, 5.74) is 0.465. The van der Waals surface area contributed by atoms with E-state index in [1.165, 1.54) is 12.3 Å². The quantitative estimate of drug-likeness (QED) is 0.708. The van der Waals surface area contributed by atoms with Gasteiger partial charge in [0.25, 0.3) is 0 Å². The second kappa shape index (κ2) is 6.39. The number of rotatable bonds is 5. The van der Waals surface area contributed by atoms with E-state index in [4.69, 9.17) is 4.74 Å². The number of aromatic amines is 2. The first kappa shape index (κ1) is 14.9. The number of hydrogen-bond donors (Lipinski definition) is 2. The van der Waals surface area contributed by atoms with Gasteiger partial charge < -0.3 is 4.74 Å². The normalized spacial score (nSPS) is 10.7. The molecule has 0 saturated carbocycles. The SMILES string of the molecule is O=C(OCCc1cn[nH]c1)c1cn[nH]c1-c1c(F)cccc1F. The smallest absolute Gasteiger partial charge is 0.342 e. The van der Waals surface area contributed by atoms with Crippen LogP contribution in [0, 0.1) is 11.6 Å². The summed E-state index contributed by atoms with van der Waals surface area (Å²) >= 11 is 0. The molecule has 0 fully saturated rings. The van der Waals surface area contributed by atoms with Gasteiger partial charge in [-0.3, -0.25) is 10.2 Å². The zero-order chi connectivity index (χ0) is 16.2. The number of halogens is 2. The molecular weight excluding hydrogens is 306 g/mol. The molecule has 0 spiro atoms.